The Hall–Kier alpha value is -2.47. The lowest BCUT2D eigenvalue weighted by Crippen LogP contribution is -2.21. The Bertz CT molecular complexity index is 1140. The van der Waals surface area contributed by atoms with Crippen molar-refractivity contribution in [2.75, 3.05) is 7.05 Å². The summed E-state index contributed by atoms with van der Waals surface area (Å²) in [6.07, 6.45) is 0. The third-order valence-corrected chi connectivity index (χ3v) is 5.58. The van der Waals surface area contributed by atoms with Gasteiger partial charge in [0.15, 0.2) is 0 Å². The zero-order chi connectivity index (χ0) is 18.8. The highest BCUT2D eigenvalue weighted by atomic mass is 35.5. The number of aromatic amines is 1. The first-order valence-corrected chi connectivity index (χ1v) is 9.79. The topological polar surface area (TPSA) is 49.0 Å². The lowest BCUT2D eigenvalue weighted by Gasteiger charge is -2.16. The second-order valence-electron chi connectivity index (χ2n) is 6.51. The fourth-order valence-corrected chi connectivity index (χ4v) is 4.32. The summed E-state index contributed by atoms with van der Waals surface area (Å²) in [6, 6.07) is 19.7. The van der Waals surface area contributed by atoms with Crippen LogP contribution in [-0.2, 0) is 13.1 Å². The highest BCUT2D eigenvalue weighted by Crippen LogP contribution is 2.30. The van der Waals surface area contributed by atoms with Gasteiger partial charge in [-0.05, 0) is 36.4 Å². The summed E-state index contributed by atoms with van der Waals surface area (Å²) in [5.41, 5.74) is 2.13. The average molecular weight is 396 g/mol. The molecule has 4 nitrogen and oxygen atoms in total. The molecule has 2 aromatic carbocycles. The number of rotatable bonds is 5. The van der Waals surface area contributed by atoms with Gasteiger partial charge in [0.2, 0.25) is 0 Å². The SMILES string of the molecule is CN(Cc1cccc(Cl)c1)Cc1nc2sc(-c3ccccc3)cc2c(=O)[nH]1. The number of thiophene rings is 1. The van der Waals surface area contributed by atoms with Gasteiger partial charge in [-0.2, -0.15) is 0 Å². The molecule has 0 bridgehead atoms. The highest BCUT2D eigenvalue weighted by Gasteiger charge is 2.11. The lowest BCUT2D eigenvalue weighted by atomic mass is 10.2. The Morgan fingerprint density at radius 1 is 1.07 bits per heavy atom. The number of nitrogens with one attached hydrogen (secondary N) is 1. The van der Waals surface area contributed by atoms with Gasteiger partial charge >= 0.3 is 0 Å². The van der Waals surface area contributed by atoms with Crippen LogP contribution in [0.4, 0.5) is 0 Å². The zero-order valence-corrected chi connectivity index (χ0v) is 16.3. The van der Waals surface area contributed by atoms with E-state index < -0.39 is 0 Å². The lowest BCUT2D eigenvalue weighted by molar-refractivity contribution is 0.311. The predicted molar refractivity (Wildman–Crippen MR) is 112 cm³/mol. The average Bonchev–Trinajstić information content (AvgIpc) is 3.07. The first kappa shape index (κ1) is 17.9. The molecule has 6 heteroatoms. The van der Waals surface area contributed by atoms with Crippen LogP contribution >= 0.6 is 22.9 Å². The predicted octanol–water partition coefficient (Wildman–Crippen LogP) is 4.94. The number of hydrogen-bond acceptors (Lipinski definition) is 4. The van der Waals surface area contributed by atoms with Crippen molar-refractivity contribution in [1.29, 1.82) is 0 Å². The maximum Gasteiger partial charge on any atom is 0.259 e. The number of nitrogens with zero attached hydrogens (tertiary/aromatic N) is 2. The standard InChI is InChI=1S/C21H18ClN3OS/c1-25(12-14-6-5-9-16(22)10-14)13-19-23-20(26)17-11-18(27-21(17)24-19)15-7-3-2-4-8-15/h2-11H,12-13H2,1H3,(H,23,24,26). The van der Waals surface area contributed by atoms with Crippen LogP contribution in [0.5, 0.6) is 0 Å². The smallest absolute Gasteiger partial charge is 0.259 e. The van der Waals surface area contributed by atoms with Gasteiger partial charge in [-0.3, -0.25) is 9.69 Å². The maximum atomic E-state index is 12.5. The molecule has 1 N–H and O–H groups in total. The molecule has 4 rings (SSSR count). The van der Waals surface area contributed by atoms with E-state index in [4.69, 9.17) is 11.6 Å². The van der Waals surface area contributed by atoms with Gasteiger partial charge in [0.05, 0.1) is 11.9 Å². The van der Waals surface area contributed by atoms with Crippen LogP contribution in [0.2, 0.25) is 5.02 Å². The van der Waals surface area contributed by atoms with Crippen molar-refractivity contribution in [3.8, 4) is 10.4 Å². The molecule has 136 valence electrons. The molecule has 0 amide bonds. The van der Waals surface area contributed by atoms with Crippen molar-refractivity contribution in [2.24, 2.45) is 0 Å². The van der Waals surface area contributed by atoms with E-state index in [9.17, 15) is 4.79 Å². The molecule has 2 aromatic heterocycles. The molecule has 0 spiro atoms. The van der Waals surface area contributed by atoms with E-state index in [2.05, 4.69) is 14.9 Å². The summed E-state index contributed by atoms with van der Waals surface area (Å²) < 4.78 is 0. The number of halogens is 1. The molecule has 2 heterocycles. The minimum atomic E-state index is -0.0930. The summed E-state index contributed by atoms with van der Waals surface area (Å²) in [7, 11) is 1.99. The van der Waals surface area contributed by atoms with Crippen LogP contribution in [0.3, 0.4) is 0 Å². The van der Waals surface area contributed by atoms with Gasteiger partial charge in [-0.25, -0.2) is 4.98 Å². The molecule has 4 aromatic rings. The van der Waals surface area contributed by atoms with E-state index in [1.165, 1.54) is 0 Å². The fourth-order valence-electron chi connectivity index (χ4n) is 3.05. The Kier molecular flexibility index (Phi) is 5.07. The van der Waals surface area contributed by atoms with Gasteiger partial charge in [-0.1, -0.05) is 54.1 Å². The highest BCUT2D eigenvalue weighted by molar-refractivity contribution is 7.21. The quantitative estimate of drug-likeness (QED) is 0.520. The number of hydrogen-bond donors (Lipinski definition) is 1. The molecule has 27 heavy (non-hydrogen) atoms. The molecule has 0 unspecified atom stereocenters. The third kappa shape index (κ3) is 4.11. The Balaban J connectivity index is 1.58. The third-order valence-electron chi connectivity index (χ3n) is 4.27. The fraction of sp³-hybridized carbons (Fsp3) is 0.143. The van der Waals surface area contributed by atoms with Crippen molar-refractivity contribution in [1.82, 2.24) is 14.9 Å². The van der Waals surface area contributed by atoms with E-state index in [0.717, 1.165) is 32.4 Å². The normalized spacial score (nSPS) is 11.4. The van der Waals surface area contributed by atoms with Gasteiger partial charge in [0.1, 0.15) is 10.7 Å². The molecular formula is C21H18ClN3OS. The minimum absolute atomic E-state index is 0.0930. The first-order chi connectivity index (χ1) is 13.1. The Morgan fingerprint density at radius 3 is 2.67 bits per heavy atom. The molecule has 0 aliphatic heterocycles. The van der Waals surface area contributed by atoms with Crippen LogP contribution in [0.25, 0.3) is 20.7 Å². The van der Waals surface area contributed by atoms with Crippen molar-refractivity contribution in [3.05, 3.63) is 87.4 Å². The van der Waals surface area contributed by atoms with Gasteiger partial charge < -0.3 is 4.98 Å². The molecule has 0 aliphatic rings. The molecule has 0 saturated heterocycles. The summed E-state index contributed by atoms with van der Waals surface area (Å²) in [6.45, 7) is 1.28. The van der Waals surface area contributed by atoms with Crippen molar-refractivity contribution >= 4 is 33.2 Å². The van der Waals surface area contributed by atoms with Crippen LogP contribution < -0.4 is 5.56 Å². The van der Waals surface area contributed by atoms with Gasteiger partial charge in [0.25, 0.3) is 5.56 Å². The van der Waals surface area contributed by atoms with Crippen LogP contribution in [0, 0.1) is 0 Å². The molecule has 0 fully saturated rings. The van der Waals surface area contributed by atoms with E-state index in [1.54, 1.807) is 11.3 Å². The van der Waals surface area contributed by atoms with E-state index >= 15 is 0 Å². The zero-order valence-electron chi connectivity index (χ0n) is 14.8. The molecule has 0 aliphatic carbocycles. The van der Waals surface area contributed by atoms with E-state index in [-0.39, 0.29) is 5.56 Å². The molecule has 0 atom stereocenters. The summed E-state index contributed by atoms with van der Waals surface area (Å²) in [4.78, 5) is 24.0. The Morgan fingerprint density at radius 2 is 1.89 bits per heavy atom. The van der Waals surface area contributed by atoms with Crippen LogP contribution in [0.1, 0.15) is 11.4 Å². The Labute approximate surface area is 166 Å². The maximum absolute atomic E-state index is 12.5. The van der Waals surface area contributed by atoms with Crippen LogP contribution in [0.15, 0.2) is 65.5 Å². The summed E-state index contributed by atoms with van der Waals surface area (Å²) in [5.74, 6) is 0.665. The summed E-state index contributed by atoms with van der Waals surface area (Å²) in [5, 5.41) is 1.36. The second kappa shape index (κ2) is 7.64. The summed E-state index contributed by atoms with van der Waals surface area (Å²) >= 11 is 7.60. The molecule has 0 saturated carbocycles. The van der Waals surface area contributed by atoms with Gasteiger partial charge in [0, 0.05) is 16.4 Å². The second-order valence-corrected chi connectivity index (χ2v) is 7.98. The first-order valence-electron chi connectivity index (χ1n) is 8.59. The number of fused-ring (bicyclic) bond motifs is 1. The van der Waals surface area contributed by atoms with Gasteiger partial charge in [-0.15, -0.1) is 11.3 Å². The van der Waals surface area contributed by atoms with Crippen molar-refractivity contribution in [2.45, 2.75) is 13.1 Å². The molecular weight excluding hydrogens is 378 g/mol. The molecule has 0 radical (unpaired) electrons. The van der Waals surface area contributed by atoms with Crippen molar-refractivity contribution < 1.29 is 0 Å². The number of benzene rings is 2. The number of aromatic nitrogens is 2. The minimum Gasteiger partial charge on any atom is -0.309 e. The van der Waals surface area contributed by atoms with E-state index in [1.807, 2.05) is 67.7 Å². The number of H-pyrrole nitrogens is 1. The monoisotopic (exact) mass is 395 g/mol. The van der Waals surface area contributed by atoms with Crippen molar-refractivity contribution in [3.63, 3.8) is 0 Å². The van der Waals surface area contributed by atoms with Crippen LogP contribution in [-0.4, -0.2) is 21.9 Å². The largest absolute Gasteiger partial charge is 0.309 e. The van der Waals surface area contributed by atoms with E-state index in [0.29, 0.717) is 17.8 Å².